The van der Waals surface area contributed by atoms with Gasteiger partial charge in [0.1, 0.15) is 0 Å². The van der Waals surface area contributed by atoms with E-state index >= 15 is 0 Å². The Balaban J connectivity index is 1.58. The molecular formula is C18H19N5O3. The zero-order valence-electron chi connectivity index (χ0n) is 14.7. The lowest BCUT2D eigenvalue weighted by Crippen LogP contribution is -2.46. The maximum Gasteiger partial charge on any atom is 0.300 e. The normalized spacial score (nSPS) is 14.8. The summed E-state index contributed by atoms with van der Waals surface area (Å²) in [6.45, 7) is 7.61. The molecule has 0 saturated carbocycles. The number of hydrogen-bond acceptors (Lipinski definition) is 7. The third-order valence-electron chi connectivity index (χ3n) is 5.11. The van der Waals surface area contributed by atoms with Gasteiger partial charge in [0.25, 0.3) is 0 Å². The minimum Gasteiger partial charge on any atom is -0.368 e. The van der Waals surface area contributed by atoms with Crippen LogP contribution < -0.4 is 9.80 Å². The second-order valence-electron chi connectivity index (χ2n) is 6.52. The molecule has 8 heteroatoms. The molecular weight excluding hydrogens is 334 g/mol. The summed E-state index contributed by atoms with van der Waals surface area (Å²) in [6.07, 6.45) is 0. The molecule has 1 aliphatic rings. The summed E-state index contributed by atoms with van der Waals surface area (Å²) < 4.78 is 4.77. The monoisotopic (exact) mass is 353 g/mol. The van der Waals surface area contributed by atoms with E-state index in [1.54, 1.807) is 6.07 Å². The Morgan fingerprint density at radius 3 is 2.31 bits per heavy atom. The van der Waals surface area contributed by atoms with E-state index in [1.807, 2.05) is 0 Å². The van der Waals surface area contributed by atoms with E-state index in [1.165, 1.54) is 22.9 Å². The van der Waals surface area contributed by atoms with E-state index in [-0.39, 0.29) is 11.2 Å². The maximum atomic E-state index is 11.1. The Morgan fingerprint density at radius 1 is 0.962 bits per heavy atom. The Labute approximate surface area is 150 Å². The number of hydrogen-bond donors (Lipinski definition) is 0. The van der Waals surface area contributed by atoms with E-state index in [2.05, 4.69) is 52.2 Å². The highest BCUT2D eigenvalue weighted by Gasteiger charge is 2.25. The second-order valence-corrected chi connectivity index (χ2v) is 6.52. The Hall–Kier alpha value is -3.16. The maximum absolute atomic E-state index is 11.1. The average molecular weight is 353 g/mol. The Kier molecular flexibility index (Phi) is 3.95. The summed E-state index contributed by atoms with van der Waals surface area (Å²) in [5.41, 5.74) is 5.24. The highest BCUT2D eigenvalue weighted by Crippen LogP contribution is 2.32. The lowest BCUT2D eigenvalue weighted by Gasteiger charge is -2.38. The van der Waals surface area contributed by atoms with Gasteiger partial charge in [0.05, 0.1) is 10.6 Å². The van der Waals surface area contributed by atoms with Crippen LogP contribution in [-0.4, -0.2) is 41.4 Å². The number of aryl methyl sites for hydroxylation is 1. The van der Waals surface area contributed by atoms with Gasteiger partial charge >= 0.3 is 5.69 Å². The van der Waals surface area contributed by atoms with Crippen LogP contribution in [0, 0.1) is 24.0 Å². The fraction of sp³-hybridized carbons (Fsp3) is 0.333. The number of nitrogens with zero attached hydrogens (tertiary/aromatic N) is 5. The van der Waals surface area contributed by atoms with E-state index in [4.69, 9.17) is 4.63 Å². The van der Waals surface area contributed by atoms with E-state index in [0.29, 0.717) is 5.52 Å². The van der Waals surface area contributed by atoms with Crippen LogP contribution in [0.15, 0.2) is 35.0 Å². The molecule has 8 nitrogen and oxygen atoms in total. The summed E-state index contributed by atoms with van der Waals surface area (Å²) in [6, 6.07) is 9.58. The van der Waals surface area contributed by atoms with Crippen LogP contribution in [0.5, 0.6) is 0 Å². The van der Waals surface area contributed by atoms with Gasteiger partial charge in [-0.25, -0.2) is 4.63 Å². The van der Waals surface area contributed by atoms with Gasteiger partial charge in [0.15, 0.2) is 5.52 Å². The molecule has 1 saturated heterocycles. The number of fused-ring (bicyclic) bond motifs is 1. The van der Waals surface area contributed by atoms with Crippen molar-refractivity contribution >= 4 is 28.1 Å². The molecule has 0 amide bonds. The van der Waals surface area contributed by atoms with E-state index < -0.39 is 4.92 Å². The smallest absolute Gasteiger partial charge is 0.300 e. The van der Waals surface area contributed by atoms with E-state index in [9.17, 15) is 10.1 Å². The van der Waals surface area contributed by atoms with Gasteiger partial charge < -0.3 is 9.80 Å². The molecule has 0 unspecified atom stereocenters. The summed E-state index contributed by atoms with van der Waals surface area (Å²) in [4.78, 5) is 15.2. The van der Waals surface area contributed by atoms with Gasteiger partial charge in [-0.15, -0.1) is 0 Å². The minimum absolute atomic E-state index is 0.0842. The van der Waals surface area contributed by atoms with Crippen molar-refractivity contribution in [3.05, 3.63) is 51.6 Å². The van der Waals surface area contributed by atoms with Crippen LogP contribution in [0.3, 0.4) is 0 Å². The van der Waals surface area contributed by atoms with Crippen LogP contribution in [0.4, 0.5) is 17.1 Å². The standard InChI is InChI=1S/C18H19N5O3/c1-12-4-3-5-14(13(12)2)21-8-10-22(11-9-21)15-6-7-16(23(24)25)18-17(15)19-26-20-18/h3-7H,8-11H2,1-2H3. The fourth-order valence-electron chi connectivity index (χ4n) is 3.51. The first-order valence-corrected chi connectivity index (χ1v) is 8.52. The molecule has 1 aliphatic heterocycles. The lowest BCUT2D eigenvalue weighted by atomic mass is 10.1. The van der Waals surface area contributed by atoms with Gasteiger partial charge in [-0.1, -0.05) is 12.1 Å². The number of benzene rings is 2. The molecule has 2 heterocycles. The topological polar surface area (TPSA) is 88.5 Å². The lowest BCUT2D eigenvalue weighted by molar-refractivity contribution is -0.383. The molecule has 0 spiro atoms. The van der Waals surface area contributed by atoms with Crippen molar-refractivity contribution in [1.29, 1.82) is 0 Å². The predicted octanol–water partition coefficient (Wildman–Crippen LogP) is 3.07. The van der Waals surface area contributed by atoms with Crippen LogP contribution in [0.25, 0.3) is 11.0 Å². The average Bonchev–Trinajstić information content (AvgIpc) is 3.13. The third-order valence-corrected chi connectivity index (χ3v) is 5.11. The van der Waals surface area contributed by atoms with Crippen molar-refractivity contribution in [2.24, 2.45) is 0 Å². The quantitative estimate of drug-likeness (QED) is 0.528. The van der Waals surface area contributed by atoms with Crippen LogP contribution >= 0.6 is 0 Å². The molecule has 1 fully saturated rings. The molecule has 0 N–H and O–H groups in total. The SMILES string of the molecule is Cc1cccc(N2CCN(c3ccc([N+](=O)[O-])c4nonc34)CC2)c1C. The largest absolute Gasteiger partial charge is 0.368 e. The number of anilines is 2. The molecule has 4 rings (SSSR count). The molecule has 3 aromatic rings. The number of non-ortho nitro benzene ring substituents is 1. The zero-order chi connectivity index (χ0) is 18.3. The van der Waals surface area contributed by atoms with E-state index in [0.717, 1.165) is 31.9 Å². The molecule has 0 radical (unpaired) electrons. The Bertz CT molecular complexity index is 976. The number of piperazine rings is 1. The number of rotatable bonds is 3. The zero-order valence-corrected chi connectivity index (χ0v) is 14.7. The van der Waals surface area contributed by atoms with Crippen molar-refractivity contribution < 1.29 is 9.55 Å². The summed E-state index contributed by atoms with van der Waals surface area (Å²) in [7, 11) is 0. The molecule has 1 aromatic heterocycles. The molecule has 0 atom stereocenters. The van der Waals surface area contributed by atoms with Crippen LogP contribution in [0.2, 0.25) is 0 Å². The predicted molar refractivity (Wildman–Crippen MR) is 98.8 cm³/mol. The number of nitro benzene ring substituents is 1. The third kappa shape index (κ3) is 2.63. The van der Waals surface area contributed by atoms with Gasteiger partial charge in [-0.05, 0) is 47.4 Å². The molecule has 0 aliphatic carbocycles. The fourth-order valence-corrected chi connectivity index (χ4v) is 3.51. The first-order valence-electron chi connectivity index (χ1n) is 8.52. The molecule has 26 heavy (non-hydrogen) atoms. The second kappa shape index (κ2) is 6.29. The van der Waals surface area contributed by atoms with Crippen molar-refractivity contribution in [3.63, 3.8) is 0 Å². The van der Waals surface area contributed by atoms with Gasteiger partial charge in [0, 0.05) is 37.9 Å². The molecule has 2 aromatic carbocycles. The van der Waals surface area contributed by atoms with Gasteiger partial charge in [-0.3, -0.25) is 10.1 Å². The summed E-state index contributed by atoms with van der Waals surface area (Å²) in [5, 5.41) is 18.7. The summed E-state index contributed by atoms with van der Waals surface area (Å²) in [5.74, 6) is 0. The Morgan fingerprint density at radius 2 is 1.62 bits per heavy atom. The molecule has 0 bridgehead atoms. The van der Waals surface area contributed by atoms with Crippen molar-refractivity contribution in [2.45, 2.75) is 13.8 Å². The number of aromatic nitrogens is 2. The van der Waals surface area contributed by atoms with Crippen LogP contribution in [-0.2, 0) is 0 Å². The first-order chi connectivity index (χ1) is 12.6. The van der Waals surface area contributed by atoms with Gasteiger partial charge in [0.2, 0.25) is 5.52 Å². The highest BCUT2D eigenvalue weighted by atomic mass is 16.6. The minimum atomic E-state index is -0.464. The van der Waals surface area contributed by atoms with Crippen molar-refractivity contribution in [2.75, 3.05) is 36.0 Å². The van der Waals surface area contributed by atoms with Crippen LogP contribution in [0.1, 0.15) is 11.1 Å². The number of nitro groups is 1. The van der Waals surface area contributed by atoms with Crippen molar-refractivity contribution in [1.82, 2.24) is 10.3 Å². The van der Waals surface area contributed by atoms with Crippen molar-refractivity contribution in [3.8, 4) is 0 Å². The van der Waals surface area contributed by atoms with Gasteiger partial charge in [-0.2, -0.15) is 0 Å². The molecule has 134 valence electrons. The summed E-state index contributed by atoms with van der Waals surface area (Å²) >= 11 is 0. The highest BCUT2D eigenvalue weighted by molar-refractivity contribution is 5.93. The first kappa shape index (κ1) is 16.3.